The molecule has 0 radical (unpaired) electrons. The van der Waals surface area contributed by atoms with Crippen LogP contribution in [-0.2, 0) is 9.53 Å². The summed E-state index contributed by atoms with van der Waals surface area (Å²) in [7, 11) is 0. The first-order chi connectivity index (χ1) is 9.28. The van der Waals surface area contributed by atoms with Crippen molar-refractivity contribution in [1.29, 1.82) is 0 Å². The van der Waals surface area contributed by atoms with E-state index in [1.807, 2.05) is 11.8 Å². The van der Waals surface area contributed by atoms with Gasteiger partial charge in [0.1, 0.15) is 0 Å². The summed E-state index contributed by atoms with van der Waals surface area (Å²) in [5, 5.41) is 3.98. The highest BCUT2D eigenvalue weighted by Gasteiger charge is 2.23. The smallest absolute Gasteiger partial charge is 0.220 e. The fourth-order valence-electron chi connectivity index (χ4n) is 3.13. The molecule has 2 aliphatic rings. The van der Waals surface area contributed by atoms with Crippen LogP contribution in [0.25, 0.3) is 0 Å². The van der Waals surface area contributed by atoms with Gasteiger partial charge in [0.05, 0.1) is 6.10 Å². The first kappa shape index (κ1) is 15.2. The molecule has 1 N–H and O–H groups in total. The SMILES string of the molecule is CCS[C@@H]1CCC[C@@H](NC(=O)CC[C@H]2CCCO2)C1. The lowest BCUT2D eigenvalue weighted by molar-refractivity contribution is -0.122. The quantitative estimate of drug-likeness (QED) is 0.815. The predicted octanol–water partition coefficient (Wildman–Crippen LogP) is 3.13. The van der Waals surface area contributed by atoms with Crippen molar-refractivity contribution < 1.29 is 9.53 Å². The lowest BCUT2D eigenvalue weighted by atomic mass is 9.94. The van der Waals surface area contributed by atoms with Crippen LogP contribution in [0.1, 0.15) is 58.3 Å². The summed E-state index contributed by atoms with van der Waals surface area (Å²) >= 11 is 2.05. The summed E-state index contributed by atoms with van der Waals surface area (Å²) in [6.45, 7) is 3.10. The Kier molecular flexibility index (Phi) is 6.51. The van der Waals surface area contributed by atoms with Crippen molar-refractivity contribution in [2.45, 2.75) is 75.7 Å². The number of amides is 1. The molecule has 0 aromatic rings. The molecule has 2 fully saturated rings. The van der Waals surface area contributed by atoms with Crippen molar-refractivity contribution in [3.8, 4) is 0 Å². The van der Waals surface area contributed by atoms with E-state index in [4.69, 9.17) is 4.74 Å². The maximum absolute atomic E-state index is 12.0. The second-order valence-corrected chi connectivity index (χ2v) is 7.26. The van der Waals surface area contributed by atoms with Crippen molar-refractivity contribution in [3.63, 3.8) is 0 Å². The van der Waals surface area contributed by atoms with Crippen LogP contribution in [0.15, 0.2) is 0 Å². The van der Waals surface area contributed by atoms with Gasteiger partial charge in [-0.25, -0.2) is 0 Å². The highest BCUT2D eigenvalue weighted by atomic mass is 32.2. The Bertz CT molecular complexity index is 277. The predicted molar refractivity (Wildman–Crippen MR) is 80.5 cm³/mol. The van der Waals surface area contributed by atoms with E-state index >= 15 is 0 Å². The van der Waals surface area contributed by atoms with Gasteiger partial charge in [-0.15, -0.1) is 0 Å². The third-order valence-electron chi connectivity index (χ3n) is 4.11. The average molecular weight is 285 g/mol. The number of rotatable bonds is 6. The lowest BCUT2D eigenvalue weighted by Gasteiger charge is -2.29. The van der Waals surface area contributed by atoms with E-state index in [2.05, 4.69) is 12.2 Å². The molecule has 0 aromatic carbocycles. The van der Waals surface area contributed by atoms with Crippen LogP contribution in [0.3, 0.4) is 0 Å². The van der Waals surface area contributed by atoms with E-state index in [0.29, 0.717) is 18.6 Å². The Balaban J connectivity index is 1.63. The van der Waals surface area contributed by atoms with Gasteiger partial charge in [-0.05, 0) is 44.3 Å². The van der Waals surface area contributed by atoms with Gasteiger partial charge in [-0.2, -0.15) is 11.8 Å². The number of hydrogen-bond donors (Lipinski definition) is 1. The van der Waals surface area contributed by atoms with Gasteiger partial charge < -0.3 is 10.1 Å². The van der Waals surface area contributed by atoms with E-state index in [-0.39, 0.29) is 5.91 Å². The van der Waals surface area contributed by atoms with E-state index in [1.165, 1.54) is 18.6 Å². The second-order valence-electron chi connectivity index (χ2n) is 5.68. The zero-order valence-electron chi connectivity index (χ0n) is 12.0. The summed E-state index contributed by atoms with van der Waals surface area (Å²) in [6, 6.07) is 0.412. The topological polar surface area (TPSA) is 38.3 Å². The van der Waals surface area contributed by atoms with Crippen molar-refractivity contribution in [3.05, 3.63) is 0 Å². The fraction of sp³-hybridized carbons (Fsp3) is 0.933. The highest BCUT2D eigenvalue weighted by molar-refractivity contribution is 7.99. The highest BCUT2D eigenvalue weighted by Crippen LogP contribution is 2.28. The lowest BCUT2D eigenvalue weighted by Crippen LogP contribution is -2.39. The normalized spacial score (nSPS) is 31.3. The molecule has 110 valence electrons. The van der Waals surface area contributed by atoms with Crippen LogP contribution < -0.4 is 5.32 Å². The van der Waals surface area contributed by atoms with Gasteiger partial charge in [0.25, 0.3) is 0 Å². The molecule has 1 saturated heterocycles. The molecule has 0 spiro atoms. The number of carbonyl (C=O) groups is 1. The minimum atomic E-state index is 0.225. The molecule has 1 aliphatic heterocycles. The first-order valence-corrected chi connectivity index (χ1v) is 8.85. The second kappa shape index (κ2) is 8.15. The molecule has 19 heavy (non-hydrogen) atoms. The fourth-order valence-corrected chi connectivity index (χ4v) is 4.30. The van der Waals surface area contributed by atoms with E-state index in [9.17, 15) is 4.79 Å². The Morgan fingerprint density at radius 3 is 2.95 bits per heavy atom. The molecule has 1 aliphatic carbocycles. The van der Waals surface area contributed by atoms with Crippen LogP contribution in [-0.4, -0.2) is 35.7 Å². The zero-order chi connectivity index (χ0) is 13.5. The molecular weight excluding hydrogens is 258 g/mol. The number of hydrogen-bond acceptors (Lipinski definition) is 3. The van der Waals surface area contributed by atoms with Crippen LogP contribution >= 0.6 is 11.8 Å². The van der Waals surface area contributed by atoms with Crippen LogP contribution in [0.5, 0.6) is 0 Å². The van der Waals surface area contributed by atoms with E-state index in [0.717, 1.165) is 44.0 Å². The summed E-state index contributed by atoms with van der Waals surface area (Å²) in [5.74, 6) is 1.41. The van der Waals surface area contributed by atoms with Gasteiger partial charge in [0.2, 0.25) is 5.91 Å². The Morgan fingerprint density at radius 1 is 1.32 bits per heavy atom. The minimum Gasteiger partial charge on any atom is -0.378 e. The van der Waals surface area contributed by atoms with Gasteiger partial charge in [-0.3, -0.25) is 4.79 Å². The van der Waals surface area contributed by atoms with Crippen LogP contribution in [0.2, 0.25) is 0 Å². The van der Waals surface area contributed by atoms with Crippen molar-refractivity contribution in [2.75, 3.05) is 12.4 Å². The van der Waals surface area contributed by atoms with E-state index in [1.54, 1.807) is 0 Å². The Labute approximate surface area is 121 Å². The van der Waals surface area contributed by atoms with Gasteiger partial charge in [0.15, 0.2) is 0 Å². The summed E-state index contributed by atoms with van der Waals surface area (Å²) in [6.07, 6.45) is 9.04. The number of ether oxygens (including phenoxy) is 1. The molecule has 0 unspecified atom stereocenters. The van der Waals surface area contributed by atoms with E-state index < -0.39 is 0 Å². The van der Waals surface area contributed by atoms with Gasteiger partial charge in [-0.1, -0.05) is 13.3 Å². The minimum absolute atomic E-state index is 0.225. The Hall–Kier alpha value is -0.220. The molecule has 0 aromatic heterocycles. The number of thioether (sulfide) groups is 1. The average Bonchev–Trinajstić information content (AvgIpc) is 2.90. The molecule has 0 bridgehead atoms. The Morgan fingerprint density at radius 2 is 2.21 bits per heavy atom. The van der Waals surface area contributed by atoms with Crippen molar-refractivity contribution >= 4 is 17.7 Å². The molecule has 1 saturated carbocycles. The van der Waals surface area contributed by atoms with Crippen molar-refractivity contribution in [1.82, 2.24) is 5.32 Å². The standard InChI is InChI=1S/C15H27NO2S/c1-2-19-14-7-3-5-12(11-14)16-15(17)9-8-13-6-4-10-18-13/h12-14H,2-11H2,1H3,(H,16,17)/t12-,13-,14-/m1/s1. The first-order valence-electron chi connectivity index (χ1n) is 7.80. The zero-order valence-corrected chi connectivity index (χ0v) is 12.8. The maximum atomic E-state index is 12.0. The van der Waals surface area contributed by atoms with Gasteiger partial charge in [0, 0.05) is 24.3 Å². The molecule has 1 heterocycles. The molecule has 3 atom stereocenters. The molecule has 1 amide bonds. The summed E-state index contributed by atoms with van der Waals surface area (Å²) < 4.78 is 5.56. The summed E-state index contributed by atoms with van der Waals surface area (Å²) in [5.41, 5.74) is 0. The van der Waals surface area contributed by atoms with Gasteiger partial charge >= 0.3 is 0 Å². The molecule has 2 rings (SSSR count). The van der Waals surface area contributed by atoms with Crippen molar-refractivity contribution in [2.24, 2.45) is 0 Å². The summed E-state index contributed by atoms with van der Waals surface area (Å²) in [4.78, 5) is 12.0. The third kappa shape index (κ3) is 5.35. The monoisotopic (exact) mass is 285 g/mol. The van der Waals surface area contributed by atoms with Crippen LogP contribution in [0, 0.1) is 0 Å². The number of carbonyl (C=O) groups excluding carboxylic acids is 1. The molecular formula is C15H27NO2S. The number of nitrogens with one attached hydrogen (secondary N) is 1. The third-order valence-corrected chi connectivity index (χ3v) is 5.34. The van der Waals surface area contributed by atoms with Crippen LogP contribution in [0.4, 0.5) is 0 Å². The molecule has 4 heteroatoms. The molecule has 3 nitrogen and oxygen atoms in total. The largest absolute Gasteiger partial charge is 0.378 e. The maximum Gasteiger partial charge on any atom is 0.220 e.